The second kappa shape index (κ2) is 15.3. The quantitative estimate of drug-likeness (QED) is 0.0549. The van der Waals surface area contributed by atoms with Gasteiger partial charge in [-0.3, -0.25) is 0 Å². The second-order valence-electron chi connectivity index (χ2n) is 10.0. The Morgan fingerprint density at radius 1 is 0.703 bits per heavy atom. The van der Waals surface area contributed by atoms with Crippen molar-refractivity contribution >= 4 is 0 Å². The van der Waals surface area contributed by atoms with Gasteiger partial charge in [-0.15, -0.1) is 0 Å². The molecule has 1 unspecified atom stereocenters. The summed E-state index contributed by atoms with van der Waals surface area (Å²) in [4.78, 5) is 0. The van der Waals surface area contributed by atoms with E-state index in [0.717, 1.165) is 0 Å². The summed E-state index contributed by atoms with van der Waals surface area (Å²) in [5, 5.41) is 79.8. The van der Waals surface area contributed by atoms with Crippen molar-refractivity contribution in [3.05, 3.63) is 0 Å². The van der Waals surface area contributed by atoms with Gasteiger partial charge in [-0.1, -0.05) is 0 Å². The van der Waals surface area contributed by atoms with E-state index >= 15 is 0 Å². The molecule has 0 spiro atoms. The lowest BCUT2D eigenvalue weighted by molar-refractivity contribution is -0.919. The number of nitrogens with zero attached hydrogens (tertiary/aromatic N) is 1. The van der Waals surface area contributed by atoms with Crippen LogP contribution in [0.3, 0.4) is 0 Å². The normalized spacial score (nSPS) is 38.0. The third-order valence-corrected chi connectivity index (χ3v) is 6.24. The van der Waals surface area contributed by atoms with Gasteiger partial charge in [-0.05, 0) is 0 Å². The maximum atomic E-state index is 10.3. The van der Waals surface area contributed by atoms with Crippen molar-refractivity contribution in [1.29, 1.82) is 0 Å². The number of hydrogen-bond donors (Lipinski definition) is 8. The number of aliphatic hydroxyl groups excluding tert-OH is 8. The van der Waals surface area contributed by atoms with Gasteiger partial charge in [0.25, 0.3) is 0 Å². The van der Waals surface area contributed by atoms with E-state index in [-0.39, 0.29) is 19.8 Å². The van der Waals surface area contributed by atoms with Crippen LogP contribution in [0, 0.1) is 0 Å². The summed E-state index contributed by atoms with van der Waals surface area (Å²) in [7, 11) is 5.67. The monoisotopic (exact) mass is 546 g/mol. The highest BCUT2D eigenvalue weighted by Crippen LogP contribution is 2.28. The SMILES string of the molecule is C[N+](C)(C)C(O)CCOCCOCCOC[C@H]1O[C@@H](O[C@H]2[C@H](O)[C@@H](O)[C@H](O)O[C@@H]2CO)[C@H](O)[C@@H](O)[C@@H]1O. The molecule has 15 nitrogen and oxygen atoms in total. The predicted molar refractivity (Wildman–Crippen MR) is 123 cm³/mol. The molecule has 0 bridgehead atoms. The Kier molecular flexibility index (Phi) is 13.4. The van der Waals surface area contributed by atoms with Crippen molar-refractivity contribution in [2.45, 2.75) is 74.1 Å². The van der Waals surface area contributed by atoms with Crippen LogP contribution < -0.4 is 0 Å². The molecule has 2 heterocycles. The smallest absolute Gasteiger partial charge is 0.192 e. The summed E-state index contributed by atoms with van der Waals surface area (Å²) in [5.74, 6) is 0. The van der Waals surface area contributed by atoms with E-state index in [1.165, 1.54) is 0 Å². The molecule has 220 valence electrons. The maximum absolute atomic E-state index is 10.3. The molecule has 0 saturated carbocycles. The minimum Gasteiger partial charge on any atom is -0.394 e. The van der Waals surface area contributed by atoms with Crippen molar-refractivity contribution in [3.63, 3.8) is 0 Å². The van der Waals surface area contributed by atoms with E-state index < -0.39 is 74.2 Å². The van der Waals surface area contributed by atoms with Crippen molar-refractivity contribution in [2.75, 3.05) is 67.4 Å². The molecule has 0 aromatic rings. The Hall–Kier alpha value is -0.600. The van der Waals surface area contributed by atoms with E-state index in [2.05, 4.69) is 0 Å². The molecule has 0 amide bonds. The van der Waals surface area contributed by atoms with E-state index in [1.54, 1.807) is 0 Å². The lowest BCUT2D eigenvalue weighted by Gasteiger charge is -2.45. The van der Waals surface area contributed by atoms with E-state index in [4.69, 9.17) is 28.4 Å². The third kappa shape index (κ3) is 9.52. The van der Waals surface area contributed by atoms with Crippen LogP contribution in [-0.4, -0.2) is 180 Å². The Morgan fingerprint density at radius 3 is 1.89 bits per heavy atom. The molecule has 15 heteroatoms. The van der Waals surface area contributed by atoms with Crippen molar-refractivity contribution < 1.29 is 73.8 Å². The largest absolute Gasteiger partial charge is 0.394 e. The van der Waals surface area contributed by atoms with Gasteiger partial charge in [0.05, 0.1) is 67.4 Å². The molecule has 0 aromatic heterocycles. The minimum atomic E-state index is -1.76. The number of rotatable bonds is 15. The summed E-state index contributed by atoms with van der Waals surface area (Å²) in [6.07, 6.45) is -15.5. The van der Waals surface area contributed by atoms with Gasteiger partial charge in [-0.25, -0.2) is 0 Å². The summed E-state index contributed by atoms with van der Waals surface area (Å²) in [5.41, 5.74) is 0. The maximum Gasteiger partial charge on any atom is 0.192 e. The first-order valence-electron chi connectivity index (χ1n) is 12.3. The van der Waals surface area contributed by atoms with Crippen molar-refractivity contribution in [1.82, 2.24) is 0 Å². The first kappa shape index (κ1) is 32.6. The van der Waals surface area contributed by atoms with Gasteiger partial charge in [0.2, 0.25) is 0 Å². The fraction of sp³-hybridized carbons (Fsp3) is 1.00. The summed E-state index contributed by atoms with van der Waals surface area (Å²) in [6, 6.07) is 0. The van der Waals surface area contributed by atoms with Crippen LogP contribution in [0.2, 0.25) is 0 Å². The Balaban J connectivity index is 1.71. The van der Waals surface area contributed by atoms with Crippen LogP contribution >= 0.6 is 0 Å². The summed E-state index contributed by atoms with van der Waals surface area (Å²) >= 11 is 0. The molecule has 0 aromatic carbocycles. The highest BCUT2D eigenvalue weighted by Gasteiger charge is 2.50. The predicted octanol–water partition coefficient (Wildman–Crippen LogP) is -4.92. The van der Waals surface area contributed by atoms with Crippen LogP contribution in [0.1, 0.15) is 6.42 Å². The van der Waals surface area contributed by atoms with Crippen LogP contribution in [0.15, 0.2) is 0 Å². The van der Waals surface area contributed by atoms with Gasteiger partial charge in [-0.2, -0.15) is 0 Å². The van der Waals surface area contributed by atoms with Gasteiger partial charge < -0.3 is 73.8 Å². The fourth-order valence-corrected chi connectivity index (χ4v) is 3.77. The van der Waals surface area contributed by atoms with Crippen LogP contribution in [0.5, 0.6) is 0 Å². The zero-order chi connectivity index (χ0) is 27.8. The van der Waals surface area contributed by atoms with E-state index in [9.17, 15) is 40.9 Å². The molecular formula is C22H44NO14+. The Bertz CT molecular complexity index is 637. The first-order chi connectivity index (χ1) is 17.4. The Labute approximate surface area is 215 Å². The van der Waals surface area contributed by atoms with E-state index in [1.807, 2.05) is 21.1 Å². The number of ether oxygens (including phenoxy) is 6. The molecular weight excluding hydrogens is 502 g/mol. The molecule has 0 aliphatic carbocycles. The van der Waals surface area contributed by atoms with Gasteiger partial charge in [0.1, 0.15) is 48.8 Å². The molecule has 37 heavy (non-hydrogen) atoms. The summed E-state index contributed by atoms with van der Waals surface area (Å²) < 4.78 is 32.7. The zero-order valence-electron chi connectivity index (χ0n) is 21.5. The van der Waals surface area contributed by atoms with Gasteiger partial charge in [0.15, 0.2) is 18.8 Å². The minimum absolute atomic E-state index is 0.128. The average Bonchev–Trinajstić information content (AvgIpc) is 2.85. The highest BCUT2D eigenvalue weighted by molar-refractivity contribution is 4.93. The first-order valence-corrected chi connectivity index (χ1v) is 12.3. The fourth-order valence-electron chi connectivity index (χ4n) is 3.77. The molecule has 2 fully saturated rings. The number of hydrogen-bond acceptors (Lipinski definition) is 14. The summed E-state index contributed by atoms with van der Waals surface area (Å²) in [6.45, 7) is 0.511. The lowest BCUT2D eigenvalue weighted by Crippen LogP contribution is -2.64. The molecule has 2 aliphatic heterocycles. The topological polar surface area (TPSA) is 217 Å². The second-order valence-corrected chi connectivity index (χ2v) is 10.0. The van der Waals surface area contributed by atoms with Crippen LogP contribution in [0.4, 0.5) is 0 Å². The van der Waals surface area contributed by atoms with Gasteiger partial charge in [0, 0.05) is 6.42 Å². The third-order valence-electron chi connectivity index (χ3n) is 6.24. The zero-order valence-corrected chi connectivity index (χ0v) is 21.5. The molecule has 8 N–H and O–H groups in total. The molecule has 2 rings (SSSR count). The number of quaternary nitrogens is 1. The molecule has 11 atom stereocenters. The number of aliphatic hydroxyl groups is 8. The average molecular weight is 547 g/mol. The Morgan fingerprint density at radius 2 is 1.30 bits per heavy atom. The van der Waals surface area contributed by atoms with Crippen molar-refractivity contribution in [3.8, 4) is 0 Å². The van der Waals surface area contributed by atoms with Crippen LogP contribution in [0.25, 0.3) is 0 Å². The molecule has 0 radical (unpaired) electrons. The molecule has 2 saturated heterocycles. The van der Waals surface area contributed by atoms with Gasteiger partial charge >= 0.3 is 0 Å². The van der Waals surface area contributed by atoms with Crippen molar-refractivity contribution in [2.24, 2.45) is 0 Å². The lowest BCUT2D eigenvalue weighted by atomic mass is 9.97. The van der Waals surface area contributed by atoms with Crippen LogP contribution in [-0.2, 0) is 28.4 Å². The highest BCUT2D eigenvalue weighted by atomic mass is 16.7. The van der Waals surface area contributed by atoms with E-state index in [0.29, 0.717) is 30.7 Å². The standard InChI is InChI=1S/C22H44NO14/c1-23(2,3)14(25)4-5-32-6-7-33-8-9-34-11-13-15(26)16(27)19(30)22(36-13)37-20-12(10-24)35-21(31)18(29)17(20)28/h12-22,24-31H,4-11H2,1-3H3/q+1/t12-,13-,14?,15-,16+,17-,18-,19-,20-,21-,22+/m1/s1. The molecule has 2 aliphatic rings.